The number of nitrogens with one attached hydrogen (secondary N) is 1. The number of likely N-dealkylation sites (N-methyl/N-ethyl adjacent to an activating group) is 1. The number of carbonyl (C=O) groups excluding carboxylic acids is 1. The quantitative estimate of drug-likeness (QED) is 0.746. The Kier molecular flexibility index (Phi) is 5.17. The number of amides is 1. The Balaban J connectivity index is 2.60. The molecule has 0 aromatic carbocycles. The highest BCUT2D eigenvalue weighted by molar-refractivity contribution is 5.84. The van der Waals surface area contributed by atoms with Crippen LogP contribution in [0.1, 0.15) is 33.6 Å². The zero-order valence-corrected chi connectivity index (χ0v) is 12.5. The molecule has 0 heterocycles. The molecule has 1 aliphatic carbocycles. The van der Waals surface area contributed by atoms with Crippen LogP contribution in [0.5, 0.6) is 0 Å². The molecule has 0 radical (unpaired) electrons. The normalized spacial score (nSPS) is 29.2. The number of hydrogen-bond donors (Lipinski definition) is 2. The van der Waals surface area contributed by atoms with Crippen molar-refractivity contribution in [3.8, 4) is 0 Å². The maximum absolute atomic E-state index is 12.4. The minimum atomic E-state index is -0.293. The maximum atomic E-state index is 12.4. The lowest BCUT2D eigenvalue weighted by Gasteiger charge is -2.45. The predicted octanol–water partition coefficient (Wildman–Crippen LogP) is 1.06. The fourth-order valence-electron chi connectivity index (χ4n) is 2.86. The van der Waals surface area contributed by atoms with Crippen molar-refractivity contribution in [3.63, 3.8) is 0 Å². The minimum absolute atomic E-state index is 0.156. The smallest absolute Gasteiger partial charge is 0.227 e. The van der Waals surface area contributed by atoms with Gasteiger partial charge in [-0.2, -0.15) is 0 Å². The average molecular weight is 255 g/mol. The van der Waals surface area contributed by atoms with Crippen LogP contribution >= 0.6 is 0 Å². The molecule has 1 fully saturated rings. The summed E-state index contributed by atoms with van der Waals surface area (Å²) < 4.78 is 0. The van der Waals surface area contributed by atoms with Crippen molar-refractivity contribution in [1.82, 2.24) is 10.2 Å². The van der Waals surface area contributed by atoms with Crippen molar-refractivity contribution in [2.45, 2.75) is 39.7 Å². The maximum Gasteiger partial charge on any atom is 0.227 e. The van der Waals surface area contributed by atoms with E-state index in [0.29, 0.717) is 18.4 Å². The van der Waals surface area contributed by atoms with Gasteiger partial charge in [0.25, 0.3) is 0 Å². The van der Waals surface area contributed by atoms with Gasteiger partial charge in [0.2, 0.25) is 5.91 Å². The Hall–Kier alpha value is -0.610. The molecule has 1 aliphatic rings. The van der Waals surface area contributed by atoms with Crippen LogP contribution in [0.4, 0.5) is 0 Å². The molecule has 3 N–H and O–H groups in total. The summed E-state index contributed by atoms with van der Waals surface area (Å²) in [4.78, 5) is 14.5. The van der Waals surface area contributed by atoms with Gasteiger partial charge in [0.05, 0.1) is 5.41 Å². The molecular formula is C14H29N3O. The molecular weight excluding hydrogens is 226 g/mol. The van der Waals surface area contributed by atoms with Gasteiger partial charge < -0.3 is 16.0 Å². The Labute approximate surface area is 111 Å². The molecule has 1 unspecified atom stereocenters. The molecule has 1 amide bonds. The molecule has 106 valence electrons. The van der Waals surface area contributed by atoms with Gasteiger partial charge in [-0.15, -0.1) is 0 Å². The molecule has 4 nitrogen and oxygen atoms in total. The molecule has 1 saturated carbocycles. The van der Waals surface area contributed by atoms with Crippen LogP contribution in [0, 0.1) is 17.3 Å². The lowest BCUT2D eigenvalue weighted by atomic mass is 9.62. The summed E-state index contributed by atoms with van der Waals surface area (Å²) in [7, 11) is 4.07. The third-order valence-corrected chi connectivity index (χ3v) is 4.03. The van der Waals surface area contributed by atoms with Crippen molar-refractivity contribution in [1.29, 1.82) is 0 Å². The van der Waals surface area contributed by atoms with E-state index in [1.54, 1.807) is 0 Å². The van der Waals surface area contributed by atoms with E-state index in [4.69, 9.17) is 5.73 Å². The number of carbonyl (C=O) groups is 1. The zero-order valence-electron chi connectivity index (χ0n) is 12.5. The molecule has 4 heteroatoms. The molecule has 0 saturated heterocycles. The molecule has 0 bridgehead atoms. The van der Waals surface area contributed by atoms with Crippen molar-refractivity contribution in [3.05, 3.63) is 0 Å². The van der Waals surface area contributed by atoms with E-state index in [-0.39, 0.29) is 17.4 Å². The van der Waals surface area contributed by atoms with Crippen molar-refractivity contribution >= 4 is 5.91 Å². The van der Waals surface area contributed by atoms with Gasteiger partial charge in [0, 0.05) is 19.1 Å². The monoisotopic (exact) mass is 255 g/mol. The summed E-state index contributed by atoms with van der Waals surface area (Å²) in [6.07, 6.45) is 1.87. The molecule has 0 aromatic heterocycles. The Morgan fingerprint density at radius 3 is 2.33 bits per heavy atom. The molecule has 0 aliphatic heterocycles. The third kappa shape index (κ3) is 3.45. The fraction of sp³-hybridized carbons (Fsp3) is 0.929. The largest absolute Gasteiger partial charge is 0.351 e. The Bertz CT molecular complexity index is 283. The summed E-state index contributed by atoms with van der Waals surface area (Å²) in [6.45, 7) is 7.82. The number of nitrogens with zero attached hydrogens (tertiary/aromatic N) is 1. The molecule has 1 atom stereocenters. The third-order valence-electron chi connectivity index (χ3n) is 4.03. The van der Waals surface area contributed by atoms with Crippen LogP contribution in [0.15, 0.2) is 0 Å². The summed E-state index contributed by atoms with van der Waals surface area (Å²) >= 11 is 0. The van der Waals surface area contributed by atoms with Crippen molar-refractivity contribution < 1.29 is 4.79 Å². The van der Waals surface area contributed by atoms with E-state index < -0.39 is 0 Å². The standard InChI is InChI=1S/C14H29N3O/c1-10(2)12(8-17(4)5)16-13(18)14(9-15)6-11(3)7-14/h10-12H,6-9,15H2,1-5H3,(H,16,18). The zero-order chi connectivity index (χ0) is 13.9. The van der Waals surface area contributed by atoms with E-state index in [9.17, 15) is 4.79 Å². The molecule has 0 spiro atoms. The van der Waals surface area contributed by atoms with Crippen molar-refractivity contribution in [2.75, 3.05) is 27.2 Å². The van der Waals surface area contributed by atoms with Gasteiger partial charge in [-0.3, -0.25) is 4.79 Å². The van der Waals surface area contributed by atoms with Gasteiger partial charge in [0.1, 0.15) is 0 Å². The van der Waals surface area contributed by atoms with Crippen LogP contribution in [-0.4, -0.2) is 44.0 Å². The van der Waals surface area contributed by atoms with E-state index in [0.717, 1.165) is 19.4 Å². The van der Waals surface area contributed by atoms with Gasteiger partial charge in [-0.05, 0) is 38.8 Å². The number of nitrogens with two attached hydrogens (primary N) is 1. The highest BCUT2D eigenvalue weighted by Gasteiger charge is 2.47. The first kappa shape index (κ1) is 15.4. The summed E-state index contributed by atoms with van der Waals surface area (Å²) in [5, 5.41) is 3.20. The first-order valence-electron chi connectivity index (χ1n) is 6.96. The second kappa shape index (κ2) is 6.02. The van der Waals surface area contributed by atoms with Gasteiger partial charge in [0.15, 0.2) is 0 Å². The highest BCUT2D eigenvalue weighted by Crippen LogP contribution is 2.44. The lowest BCUT2D eigenvalue weighted by molar-refractivity contribution is -0.139. The topological polar surface area (TPSA) is 58.4 Å². The minimum Gasteiger partial charge on any atom is -0.351 e. The van der Waals surface area contributed by atoms with E-state index in [1.165, 1.54) is 0 Å². The van der Waals surface area contributed by atoms with Gasteiger partial charge >= 0.3 is 0 Å². The summed E-state index contributed by atoms with van der Waals surface area (Å²) in [6, 6.07) is 0.201. The predicted molar refractivity (Wildman–Crippen MR) is 75.2 cm³/mol. The lowest BCUT2D eigenvalue weighted by Crippen LogP contribution is -2.57. The molecule has 18 heavy (non-hydrogen) atoms. The number of rotatable bonds is 6. The molecule has 0 aromatic rings. The summed E-state index contributed by atoms with van der Waals surface area (Å²) in [5.41, 5.74) is 5.52. The first-order chi connectivity index (χ1) is 8.30. The number of hydrogen-bond acceptors (Lipinski definition) is 3. The second-order valence-electron chi connectivity index (χ2n) is 6.58. The van der Waals surface area contributed by atoms with Crippen LogP contribution < -0.4 is 11.1 Å². The van der Waals surface area contributed by atoms with Gasteiger partial charge in [-0.1, -0.05) is 20.8 Å². The van der Waals surface area contributed by atoms with Crippen LogP contribution in [0.3, 0.4) is 0 Å². The van der Waals surface area contributed by atoms with Crippen LogP contribution in [0.25, 0.3) is 0 Å². The fourth-order valence-corrected chi connectivity index (χ4v) is 2.86. The van der Waals surface area contributed by atoms with Crippen LogP contribution in [0.2, 0.25) is 0 Å². The molecule has 1 rings (SSSR count). The van der Waals surface area contributed by atoms with Gasteiger partial charge in [-0.25, -0.2) is 0 Å². The second-order valence-corrected chi connectivity index (χ2v) is 6.58. The summed E-state index contributed by atoms with van der Waals surface area (Å²) in [5.74, 6) is 1.22. The van der Waals surface area contributed by atoms with Crippen LogP contribution in [-0.2, 0) is 4.79 Å². The average Bonchev–Trinajstić information content (AvgIpc) is 2.22. The van der Waals surface area contributed by atoms with Crippen molar-refractivity contribution in [2.24, 2.45) is 23.0 Å². The van der Waals surface area contributed by atoms with E-state index in [1.807, 2.05) is 14.1 Å². The first-order valence-corrected chi connectivity index (χ1v) is 6.96. The highest BCUT2D eigenvalue weighted by atomic mass is 16.2. The Morgan fingerprint density at radius 1 is 1.44 bits per heavy atom. The van der Waals surface area contributed by atoms with E-state index >= 15 is 0 Å². The SMILES string of the molecule is CC1CC(CN)(C(=O)NC(CN(C)C)C(C)C)C1. The van der Waals surface area contributed by atoms with E-state index in [2.05, 4.69) is 31.0 Å². The Morgan fingerprint density at radius 2 is 2.00 bits per heavy atom.